The minimum atomic E-state index is -0.467. The number of rotatable bonds is 4. The molecule has 0 atom stereocenters. The number of carbonyl (C=O) groups is 1. The summed E-state index contributed by atoms with van der Waals surface area (Å²) in [5.41, 5.74) is 5.99. The van der Waals surface area contributed by atoms with Crippen LogP contribution in [0, 0.1) is 0 Å². The molecule has 0 spiro atoms. The highest BCUT2D eigenvalue weighted by molar-refractivity contribution is 5.67. The fourth-order valence-corrected chi connectivity index (χ4v) is 1.22. The van der Waals surface area contributed by atoms with Crippen molar-refractivity contribution in [1.29, 1.82) is 0 Å². The van der Waals surface area contributed by atoms with Crippen LogP contribution in [0.3, 0.4) is 0 Å². The van der Waals surface area contributed by atoms with Crippen LogP contribution in [0.4, 0.5) is 10.6 Å². The maximum absolute atomic E-state index is 11.3. The highest BCUT2D eigenvalue weighted by Gasteiger charge is 2.15. The fourth-order valence-electron chi connectivity index (χ4n) is 1.22. The van der Waals surface area contributed by atoms with E-state index in [1.165, 1.54) is 0 Å². The molecule has 0 fully saturated rings. The van der Waals surface area contributed by atoms with Crippen LogP contribution in [-0.2, 0) is 4.74 Å². The number of alkyl carbamates (subject to hydrolysis) is 1. The number of H-pyrrole nitrogens is 1. The quantitative estimate of drug-likeness (QED) is 0.714. The van der Waals surface area contributed by atoms with Crippen LogP contribution < -0.4 is 11.1 Å². The van der Waals surface area contributed by atoms with Gasteiger partial charge in [0.15, 0.2) is 0 Å². The Hall–Kier alpha value is -1.98. The number of nitrogen functional groups attached to an aromatic ring is 1. The molecule has 1 aromatic rings. The molecule has 1 rings (SSSR count). The highest BCUT2D eigenvalue weighted by Crippen LogP contribution is 2.08. The van der Waals surface area contributed by atoms with Gasteiger partial charge in [-0.3, -0.25) is 5.10 Å². The lowest BCUT2D eigenvalue weighted by molar-refractivity contribution is 0.0529. The first kappa shape index (κ1) is 14.1. The topological polar surface area (TPSA) is 93.0 Å². The number of ether oxygens (including phenoxy) is 1. The summed E-state index contributed by atoms with van der Waals surface area (Å²) in [5, 5.41) is 9.11. The number of nitrogens with two attached hydrogens (primary N) is 1. The Balaban J connectivity index is 2.21. The molecule has 100 valence electrons. The number of carbonyl (C=O) groups excluding carboxylic acids is 1. The molecule has 1 aromatic heterocycles. The second-order valence-corrected chi connectivity index (χ2v) is 4.86. The van der Waals surface area contributed by atoms with Crippen molar-refractivity contribution in [2.45, 2.75) is 32.8 Å². The molecule has 6 nitrogen and oxygen atoms in total. The predicted molar refractivity (Wildman–Crippen MR) is 70.9 cm³/mol. The van der Waals surface area contributed by atoms with Gasteiger partial charge in [-0.1, -0.05) is 12.2 Å². The molecule has 0 aliphatic rings. The Bertz CT molecular complexity index is 418. The monoisotopic (exact) mass is 252 g/mol. The molecular formula is C12H20N4O2. The first-order chi connectivity index (χ1) is 8.38. The van der Waals surface area contributed by atoms with Gasteiger partial charge in [0.1, 0.15) is 11.4 Å². The molecule has 0 radical (unpaired) electrons. The zero-order chi connectivity index (χ0) is 13.6. The molecule has 0 aliphatic carbocycles. The van der Waals surface area contributed by atoms with Gasteiger partial charge in [0, 0.05) is 12.1 Å². The smallest absolute Gasteiger partial charge is 0.407 e. The fraction of sp³-hybridized carbons (Fsp3) is 0.500. The molecule has 0 unspecified atom stereocenters. The van der Waals surface area contributed by atoms with Crippen LogP contribution in [0.25, 0.3) is 6.08 Å². The van der Waals surface area contributed by atoms with Gasteiger partial charge in [0.2, 0.25) is 0 Å². The molecular weight excluding hydrogens is 232 g/mol. The van der Waals surface area contributed by atoms with Crippen LogP contribution in [0.5, 0.6) is 0 Å². The Labute approximate surface area is 107 Å². The van der Waals surface area contributed by atoms with E-state index in [1.807, 2.05) is 32.9 Å². The van der Waals surface area contributed by atoms with Crippen molar-refractivity contribution in [3.63, 3.8) is 0 Å². The third kappa shape index (κ3) is 5.38. The molecule has 0 saturated heterocycles. The normalized spacial score (nSPS) is 11.7. The number of anilines is 1. The maximum atomic E-state index is 11.3. The Morgan fingerprint density at radius 1 is 1.61 bits per heavy atom. The van der Waals surface area contributed by atoms with Crippen LogP contribution in [-0.4, -0.2) is 28.4 Å². The summed E-state index contributed by atoms with van der Waals surface area (Å²) < 4.78 is 5.10. The third-order valence-electron chi connectivity index (χ3n) is 1.98. The Kier molecular flexibility index (Phi) is 4.76. The van der Waals surface area contributed by atoms with Gasteiger partial charge < -0.3 is 15.8 Å². The van der Waals surface area contributed by atoms with E-state index in [0.29, 0.717) is 18.8 Å². The van der Waals surface area contributed by atoms with Gasteiger partial charge in [-0.2, -0.15) is 5.10 Å². The second-order valence-electron chi connectivity index (χ2n) is 4.86. The average molecular weight is 252 g/mol. The molecule has 1 heterocycles. The predicted octanol–water partition coefficient (Wildman–Crippen LogP) is 1.92. The molecule has 0 saturated carbocycles. The number of amides is 1. The van der Waals surface area contributed by atoms with Crippen molar-refractivity contribution in [3.8, 4) is 0 Å². The zero-order valence-electron chi connectivity index (χ0n) is 11.0. The summed E-state index contributed by atoms with van der Waals surface area (Å²) in [7, 11) is 0. The van der Waals surface area contributed by atoms with E-state index in [2.05, 4.69) is 15.5 Å². The average Bonchev–Trinajstić information content (AvgIpc) is 2.61. The molecule has 18 heavy (non-hydrogen) atoms. The number of nitrogens with zero attached hydrogens (tertiary/aromatic N) is 1. The molecule has 6 heteroatoms. The summed E-state index contributed by atoms with van der Waals surface area (Å²) in [4.78, 5) is 11.3. The van der Waals surface area contributed by atoms with Gasteiger partial charge in [-0.15, -0.1) is 0 Å². The SMILES string of the molecule is CC(C)(C)OC(=O)NCCC=Cc1cn[nH]c1N. The van der Waals surface area contributed by atoms with E-state index in [4.69, 9.17) is 10.5 Å². The lowest BCUT2D eigenvalue weighted by atomic mass is 10.2. The van der Waals surface area contributed by atoms with Crippen molar-refractivity contribution in [2.24, 2.45) is 0 Å². The lowest BCUT2D eigenvalue weighted by Gasteiger charge is -2.19. The molecule has 0 bridgehead atoms. The van der Waals surface area contributed by atoms with Crippen molar-refractivity contribution >= 4 is 18.0 Å². The van der Waals surface area contributed by atoms with Crippen molar-refractivity contribution < 1.29 is 9.53 Å². The number of aromatic nitrogens is 2. The minimum absolute atomic E-state index is 0.404. The zero-order valence-corrected chi connectivity index (χ0v) is 11.0. The third-order valence-corrected chi connectivity index (χ3v) is 1.98. The summed E-state index contributed by atoms with van der Waals surface area (Å²) in [6.07, 6.45) is 5.71. The van der Waals surface area contributed by atoms with E-state index in [0.717, 1.165) is 5.56 Å². The molecule has 0 aromatic carbocycles. The maximum Gasteiger partial charge on any atom is 0.407 e. The van der Waals surface area contributed by atoms with Gasteiger partial charge in [-0.05, 0) is 27.2 Å². The summed E-state index contributed by atoms with van der Waals surface area (Å²) in [6, 6.07) is 0. The highest BCUT2D eigenvalue weighted by atomic mass is 16.6. The van der Waals surface area contributed by atoms with E-state index in [-0.39, 0.29) is 0 Å². The minimum Gasteiger partial charge on any atom is -0.444 e. The van der Waals surface area contributed by atoms with Crippen LogP contribution in [0.1, 0.15) is 32.8 Å². The number of aromatic amines is 1. The van der Waals surface area contributed by atoms with E-state index in [1.54, 1.807) is 6.20 Å². The van der Waals surface area contributed by atoms with Gasteiger partial charge in [-0.25, -0.2) is 4.79 Å². The standard InChI is InChI=1S/C12H20N4O2/c1-12(2,3)18-11(17)14-7-5-4-6-9-8-15-16-10(9)13/h4,6,8H,5,7H2,1-3H3,(H,14,17)(H3,13,15,16). The Morgan fingerprint density at radius 3 is 2.89 bits per heavy atom. The summed E-state index contributed by atoms with van der Waals surface area (Å²) >= 11 is 0. The molecule has 1 amide bonds. The first-order valence-electron chi connectivity index (χ1n) is 5.81. The van der Waals surface area contributed by atoms with Gasteiger partial charge in [0.05, 0.1) is 6.20 Å². The number of hydrogen-bond donors (Lipinski definition) is 3. The molecule has 0 aliphatic heterocycles. The number of nitrogens with one attached hydrogen (secondary N) is 2. The van der Waals surface area contributed by atoms with Crippen molar-refractivity contribution in [3.05, 3.63) is 17.8 Å². The number of hydrogen-bond acceptors (Lipinski definition) is 4. The second kappa shape index (κ2) is 6.09. The van der Waals surface area contributed by atoms with Crippen LogP contribution >= 0.6 is 0 Å². The van der Waals surface area contributed by atoms with Gasteiger partial charge in [0.25, 0.3) is 0 Å². The summed E-state index contributed by atoms with van der Waals surface area (Å²) in [5.74, 6) is 0.534. The lowest BCUT2D eigenvalue weighted by Crippen LogP contribution is -2.32. The summed E-state index contributed by atoms with van der Waals surface area (Å²) in [6.45, 7) is 6.00. The van der Waals surface area contributed by atoms with Crippen molar-refractivity contribution in [1.82, 2.24) is 15.5 Å². The van der Waals surface area contributed by atoms with E-state index in [9.17, 15) is 4.79 Å². The van der Waals surface area contributed by atoms with Crippen molar-refractivity contribution in [2.75, 3.05) is 12.3 Å². The van der Waals surface area contributed by atoms with Crippen LogP contribution in [0.15, 0.2) is 12.3 Å². The largest absolute Gasteiger partial charge is 0.444 e. The first-order valence-corrected chi connectivity index (χ1v) is 5.81. The van der Waals surface area contributed by atoms with E-state index >= 15 is 0 Å². The van der Waals surface area contributed by atoms with Gasteiger partial charge >= 0.3 is 6.09 Å². The Morgan fingerprint density at radius 2 is 2.33 bits per heavy atom. The molecule has 4 N–H and O–H groups in total. The van der Waals surface area contributed by atoms with E-state index < -0.39 is 11.7 Å². The van der Waals surface area contributed by atoms with Crippen LogP contribution in [0.2, 0.25) is 0 Å².